The molecule has 0 fully saturated rings. The zero-order chi connectivity index (χ0) is 30.9. The highest BCUT2D eigenvalue weighted by Crippen LogP contribution is 2.33. The zero-order valence-corrected chi connectivity index (χ0v) is 26.7. The van der Waals surface area contributed by atoms with Crippen molar-refractivity contribution < 1.29 is 0 Å². The van der Waals surface area contributed by atoms with Crippen LogP contribution in [0.1, 0.15) is 51.2 Å². The molecule has 0 saturated carbocycles. The van der Waals surface area contributed by atoms with Crippen LogP contribution in [0.3, 0.4) is 0 Å². The third-order valence-electron chi connectivity index (χ3n) is 8.32. The van der Waals surface area contributed by atoms with E-state index in [2.05, 4.69) is 171 Å². The van der Waals surface area contributed by atoms with E-state index < -0.39 is 0 Å². The molecule has 7 rings (SSSR count). The van der Waals surface area contributed by atoms with Gasteiger partial charge in [-0.15, -0.1) is 0 Å². The fourth-order valence-corrected chi connectivity index (χ4v) is 5.80. The van der Waals surface area contributed by atoms with E-state index in [1.54, 1.807) is 0 Å². The Morgan fingerprint density at radius 2 is 1.05 bits per heavy atom. The molecule has 44 heavy (non-hydrogen) atoms. The van der Waals surface area contributed by atoms with Gasteiger partial charge in [-0.05, 0) is 76.9 Å². The predicted molar refractivity (Wildman–Crippen MR) is 193 cm³/mol. The highest BCUT2D eigenvalue weighted by atomic mass is 15.0. The van der Waals surface area contributed by atoms with Gasteiger partial charge in [-0.2, -0.15) is 0 Å². The predicted octanol–water partition coefficient (Wildman–Crippen LogP) is 12.7. The van der Waals surface area contributed by atoms with Crippen molar-refractivity contribution in [2.24, 2.45) is 0 Å². The molecule has 0 aliphatic rings. The van der Waals surface area contributed by atoms with E-state index in [0.717, 1.165) is 6.42 Å². The summed E-state index contributed by atoms with van der Waals surface area (Å²) in [5.74, 6) is 0.579. The van der Waals surface area contributed by atoms with Crippen LogP contribution in [0.5, 0.6) is 0 Å². The summed E-state index contributed by atoms with van der Waals surface area (Å²) in [6, 6.07) is 54.2. The number of hydrogen-bond donors (Lipinski definition) is 0. The summed E-state index contributed by atoms with van der Waals surface area (Å²) in [6.45, 7) is 10.7. The molecule has 0 bridgehead atoms. The fourth-order valence-electron chi connectivity index (χ4n) is 5.80. The Kier molecular flexibility index (Phi) is 10.1. The topological polar surface area (TPSA) is 4.93 Å². The Morgan fingerprint density at radius 3 is 1.68 bits per heavy atom. The van der Waals surface area contributed by atoms with Crippen molar-refractivity contribution >= 4 is 21.8 Å². The van der Waals surface area contributed by atoms with E-state index in [9.17, 15) is 0 Å². The van der Waals surface area contributed by atoms with E-state index in [-0.39, 0.29) is 0 Å². The molecule has 1 heterocycles. The summed E-state index contributed by atoms with van der Waals surface area (Å²) >= 11 is 0. The third-order valence-corrected chi connectivity index (χ3v) is 8.32. The molecule has 0 N–H and O–H groups in total. The standard InChI is InChI=1S/C28H25N.C13H12.C2H6/c1-3-20(2)21-10-8-11-22(18-21)23-12-9-13-24(19-23)29-27-16-6-4-14-25(27)26-15-5-7-17-28(26)29;1-11-7-5-6-10-13(11)12-8-3-2-4-9-12;1-2/h4-20H,3H2,1-2H3;2-10H,1H3;1-2H3. The minimum Gasteiger partial charge on any atom is -0.309 e. The Hall–Kier alpha value is -4.88. The van der Waals surface area contributed by atoms with Gasteiger partial charge in [0.05, 0.1) is 11.0 Å². The summed E-state index contributed by atoms with van der Waals surface area (Å²) < 4.78 is 2.38. The van der Waals surface area contributed by atoms with Crippen molar-refractivity contribution in [1.82, 2.24) is 4.57 Å². The molecule has 0 spiro atoms. The van der Waals surface area contributed by atoms with Crippen LogP contribution < -0.4 is 0 Å². The summed E-state index contributed by atoms with van der Waals surface area (Å²) in [7, 11) is 0. The minimum atomic E-state index is 0.579. The second kappa shape index (κ2) is 14.5. The highest BCUT2D eigenvalue weighted by Gasteiger charge is 2.12. The first kappa shape index (κ1) is 30.6. The quantitative estimate of drug-likeness (QED) is 0.193. The van der Waals surface area contributed by atoms with Gasteiger partial charge >= 0.3 is 0 Å². The summed E-state index contributed by atoms with van der Waals surface area (Å²) in [5, 5.41) is 2.60. The van der Waals surface area contributed by atoms with Gasteiger partial charge in [0.25, 0.3) is 0 Å². The number of para-hydroxylation sites is 2. The first-order valence-electron chi connectivity index (χ1n) is 15.9. The van der Waals surface area contributed by atoms with Gasteiger partial charge in [0.1, 0.15) is 0 Å². The molecule has 6 aromatic carbocycles. The SMILES string of the molecule is CC.CCC(C)c1cccc(-c2cccc(-n3c4ccccc4c4ccccc43)c2)c1.Cc1ccccc1-c1ccccc1. The van der Waals surface area contributed by atoms with Gasteiger partial charge in [0.15, 0.2) is 0 Å². The van der Waals surface area contributed by atoms with Gasteiger partial charge < -0.3 is 4.57 Å². The molecule has 0 aliphatic carbocycles. The molecule has 1 aromatic heterocycles. The molecule has 0 aliphatic heterocycles. The summed E-state index contributed by atoms with van der Waals surface area (Å²) in [6.07, 6.45) is 1.16. The monoisotopic (exact) mass is 573 g/mol. The van der Waals surface area contributed by atoms with E-state index in [0.29, 0.717) is 5.92 Å². The normalized spacial score (nSPS) is 11.3. The molecule has 1 heteroatoms. The van der Waals surface area contributed by atoms with Crippen LogP contribution in [0.4, 0.5) is 0 Å². The number of aromatic nitrogens is 1. The number of rotatable bonds is 5. The molecular formula is C43H43N. The number of aryl methyl sites for hydroxylation is 1. The van der Waals surface area contributed by atoms with Crippen LogP contribution in [0, 0.1) is 6.92 Å². The summed E-state index contributed by atoms with van der Waals surface area (Å²) in [4.78, 5) is 0. The largest absolute Gasteiger partial charge is 0.309 e. The molecule has 0 amide bonds. The maximum Gasteiger partial charge on any atom is 0.0541 e. The maximum absolute atomic E-state index is 2.38. The van der Waals surface area contributed by atoms with Crippen LogP contribution >= 0.6 is 0 Å². The van der Waals surface area contributed by atoms with Gasteiger partial charge in [-0.25, -0.2) is 0 Å². The van der Waals surface area contributed by atoms with Crippen molar-refractivity contribution in [3.8, 4) is 27.9 Å². The van der Waals surface area contributed by atoms with Crippen LogP contribution in [-0.4, -0.2) is 4.57 Å². The zero-order valence-electron chi connectivity index (χ0n) is 26.7. The third kappa shape index (κ3) is 6.53. The van der Waals surface area contributed by atoms with Gasteiger partial charge in [0, 0.05) is 16.5 Å². The lowest BCUT2D eigenvalue weighted by molar-refractivity contribution is 0.734. The molecule has 1 nitrogen and oxygen atoms in total. The molecule has 7 aromatic rings. The Labute approximate surface area is 263 Å². The molecule has 1 unspecified atom stereocenters. The minimum absolute atomic E-state index is 0.579. The van der Waals surface area contributed by atoms with Crippen molar-refractivity contribution in [1.29, 1.82) is 0 Å². The van der Waals surface area contributed by atoms with E-state index in [4.69, 9.17) is 0 Å². The number of benzene rings is 6. The Balaban J connectivity index is 0.000000214. The Morgan fingerprint density at radius 1 is 0.523 bits per heavy atom. The van der Waals surface area contributed by atoms with Crippen LogP contribution in [0.2, 0.25) is 0 Å². The molecule has 0 radical (unpaired) electrons. The van der Waals surface area contributed by atoms with Crippen molar-refractivity contribution in [2.45, 2.75) is 47.0 Å². The second-order valence-corrected chi connectivity index (χ2v) is 11.0. The smallest absolute Gasteiger partial charge is 0.0541 e. The fraction of sp³-hybridized carbons (Fsp3) is 0.163. The highest BCUT2D eigenvalue weighted by molar-refractivity contribution is 6.09. The van der Waals surface area contributed by atoms with E-state index in [1.807, 2.05) is 19.9 Å². The number of nitrogens with zero attached hydrogens (tertiary/aromatic N) is 1. The number of hydrogen-bond acceptors (Lipinski definition) is 0. The van der Waals surface area contributed by atoms with Crippen molar-refractivity contribution in [2.75, 3.05) is 0 Å². The first-order chi connectivity index (χ1) is 21.6. The lowest BCUT2D eigenvalue weighted by Crippen LogP contribution is -1.95. The van der Waals surface area contributed by atoms with Crippen LogP contribution in [-0.2, 0) is 0 Å². The first-order valence-corrected chi connectivity index (χ1v) is 15.9. The van der Waals surface area contributed by atoms with Crippen molar-refractivity contribution in [3.05, 3.63) is 163 Å². The van der Waals surface area contributed by atoms with E-state index >= 15 is 0 Å². The van der Waals surface area contributed by atoms with Gasteiger partial charge in [-0.1, -0.05) is 155 Å². The average Bonchev–Trinajstić information content (AvgIpc) is 3.44. The summed E-state index contributed by atoms with van der Waals surface area (Å²) in [5.41, 5.74) is 11.6. The lowest BCUT2D eigenvalue weighted by atomic mass is 9.94. The second-order valence-electron chi connectivity index (χ2n) is 11.0. The van der Waals surface area contributed by atoms with Crippen LogP contribution in [0.25, 0.3) is 49.7 Å². The van der Waals surface area contributed by atoms with E-state index in [1.165, 1.54) is 60.9 Å². The Bertz CT molecular complexity index is 1890. The number of fused-ring (bicyclic) bond motifs is 3. The van der Waals surface area contributed by atoms with Gasteiger partial charge in [0.2, 0.25) is 0 Å². The maximum atomic E-state index is 2.38. The molecular weight excluding hydrogens is 530 g/mol. The molecule has 1 atom stereocenters. The van der Waals surface area contributed by atoms with Gasteiger partial charge in [-0.3, -0.25) is 0 Å². The average molecular weight is 574 g/mol. The van der Waals surface area contributed by atoms with Crippen molar-refractivity contribution in [3.63, 3.8) is 0 Å². The lowest BCUT2D eigenvalue weighted by Gasteiger charge is -2.13. The molecule has 220 valence electrons. The van der Waals surface area contributed by atoms with Crippen LogP contribution in [0.15, 0.2) is 152 Å². The molecule has 0 saturated heterocycles.